The van der Waals surface area contributed by atoms with Crippen LogP contribution in [0.15, 0.2) is 48.5 Å². The maximum absolute atomic E-state index is 13.5. The van der Waals surface area contributed by atoms with E-state index in [0.29, 0.717) is 38.3 Å². The quantitative estimate of drug-likeness (QED) is 0.495. The molecule has 186 valence electrons. The molecule has 0 saturated carbocycles. The zero-order chi connectivity index (χ0) is 25.4. The van der Waals surface area contributed by atoms with Crippen LogP contribution in [0.5, 0.6) is 0 Å². The van der Waals surface area contributed by atoms with Crippen LogP contribution in [-0.4, -0.2) is 64.5 Å². The summed E-state index contributed by atoms with van der Waals surface area (Å²) in [5, 5.41) is 14.6. The minimum Gasteiger partial charge on any atom is -0.444 e. The Hall–Kier alpha value is -3.62. The first-order chi connectivity index (χ1) is 16.4. The predicted octanol–water partition coefficient (Wildman–Crippen LogP) is 4.01. The van der Waals surface area contributed by atoms with Gasteiger partial charge in [0, 0.05) is 44.1 Å². The Morgan fingerprint density at radius 2 is 1.66 bits per heavy atom. The van der Waals surface area contributed by atoms with Gasteiger partial charge in [0.05, 0.1) is 4.92 Å². The van der Waals surface area contributed by atoms with Gasteiger partial charge in [0.2, 0.25) is 5.91 Å². The van der Waals surface area contributed by atoms with Gasteiger partial charge in [0.15, 0.2) is 0 Å². The number of hydrogen-bond donors (Lipinski definition) is 1. The van der Waals surface area contributed by atoms with E-state index in [1.807, 2.05) is 52.0 Å². The Bertz CT molecular complexity index is 1110. The van der Waals surface area contributed by atoms with Crippen LogP contribution < -0.4 is 5.32 Å². The van der Waals surface area contributed by atoms with Gasteiger partial charge >= 0.3 is 6.09 Å². The Kier molecular flexibility index (Phi) is 6.44. The number of rotatable bonds is 6. The van der Waals surface area contributed by atoms with Crippen molar-refractivity contribution >= 4 is 23.4 Å². The van der Waals surface area contributed by atoms with Crippen LogP contribution in [-0.2, 0) is 16.0 Å². The summed E-state index contributed by atoms with van der Waals surface area (Å²) in [5.74, 6) is -0.106. The Morgan fingerprint density at radius 1 is 1.06 bits per heavy atom. The lowest BCUT2D eigenvalue weighted by molar-refractivity contribution is -0.384. The number of ether oxygens (including phenoxy) is 1. The number of anilines is 1. The van der Waals surface area contributed by atoms with Gasteiger partial charge in [0.25, 0.3) is 5.69 Å². The minimum absolute atomic E-state index is 0.0683. The first-order valence-corrected chi connectivity index (χ1v) is 11.8. The Labute approximate surface area is 205 Å². The summed E-state index contributed by atoms with van der Waals surface area (Å²) >= 11 is 0. The van der Waals surface area contributed by atoms with Crippen molar-refractivity contribution in [2.45, 2.75) is 45.8 Å². The zero-order valence-electron chi connectivity index (χ0n) is 20.6. The summed E-state index contributed by atoms with van der Waals surface area (Å²) in [6.45, 7) is 9.73. The first kappa shape index (κ1) is 24.5. The maximum atomic E-state index is 13.5. The maximum Gasteiger partial charge on any atom is 0.410 e. The lowest BCUT2D eigenvalue weighted by Crippen LogP contribution is -2.74. The number of carbonyl (C=O) groups is 2. The molecule has 2 heterocycles. The highest BCUT2D eigenvalue weighted by Crippen LogP contribution is 2.41. The molecule has 9 heteroatoms. The molecule has 2 amide bonds. The van der Waals surface area contributed by atoms with E-state index in [1.165, 1.54) is 6.07 Å². The molecule has 2 fully saturated rings. The van der Waals surface area contributed by atoms with Crippen molar-refractivity contribution in [2.75, 3.05) is 31.5 Å². The van der Waals surface area contributed by atoms with E-state index in [1.54, 1.807) is 28.0 Å². The standard InChI is InChI=1S/C26H32N4O5/c1-18-9-11-19(12-10-18)13-21(27-20-7-5-6-8-22(20)30(33)34)23(31)28-14-26(15-28)16-29(17-26)24(32)35-25(2,3)4/h5-12,21,27H,13-17H2,1-4H3. The third-order valence-electron chi connectivity index (χ3n) is 6.36. The normalized spacial score (nSPS) is 17.3. The smallest absolute Gasteiger partial charge is 0.410 e. The SMILES string of the molecule is Cc1ccc(CC(Nc2ccccc2[N+](=O)[O-])C(=O)N2CC3(CN(C(=O)OC(C)(C)C)C3)C2)cc1. The number of para-hydroxylation sites is 2. The molecule has 0 radical (unpaired) electrons. The molecule has 0 aromatic heterocycles. The third-order valence-corrected chi connectivity index (χ3v) is 6.36. The number of nitrogens with zero attached hydrogens (tertiary/aromatic N) is 3. The third kappa shape index (κ3) is 5.55. The van der Waals surface area contributed by atoms with Crippen LogP contribution in [0.4, 0.5) is 16.2 Å². The average molecular weight is 481 g/mol. The van der Waals surface area contributed by atoms with Gasteiger partial charge < -0.3 is 19.9 Å². The molecule has 35 heavy (non-hydrogen) atoms. The molecule has 2 aromatic rings. The number of nitro groups is 1. The number of likely N-dealkylation sites (tertiary alicyclic amines) is 2. The second-order valence-electron chi connectivity index (χ2n) is 10.7. The molecular formula is C26H32N4O5. The van der Waals surface area contributed by atoms with Crippen LogP contribution >= 0.6 is 0 Å². The van der Waals surface area contributed by atoms with Crippen LogP contribution in [0.1, 0.15) is 31.9 Å². The molecule has 1 N–H and O–H groups in total. The van der Waals surface area contributed by atoms with Crippen molar-refractivity contribution in [1.82, 2.24) is 9.80 Å². The largest absolute Gasteiger partial charge is 0.444 e. The summed E-state index contributed by atoms with van der Waals surface area (Å²) in [7, 11) is 0. The topological polar surface area (TPSA) is 105 Å². The average Bonchev–Trinajstić information content (AvgIpc) is 2.71. The van der Waals surface area contributed by atoms with Crippen LogP contribution in [0.2, 0.25) is 0 Å². The second kappa shape index (κ2) is 9.20. The van der Waals surface area contributed by atoms with Gasteiger partial charge in [-0.3, -0.25) is 14.9 Å². The molecule has 0 aliphatic carbocycles. The number of nitro benzene ring substituents is 1. The van der Waals surface area contributed by atoms with E-state index in [0.717, 1.165) is 11.1 Å². The molecule has 2 aliphatic rings. The van der Waals surface area contributed by atoms with Gasteiger partial charge in [-0.1, -0.05) is 42.0 Å². The van der Waals surface area contributed by atoms with Gasteiger partial charge in [-0.2, -0.15) is 0 Å². The van der Waals surface area contributed by atoms with Crippen molar-refractivity contribution < 1.29 is 19.2 Å². The summed E-state index contributed by atoms with van der Waals surface area (Å²) in [6, 6.07) is 13.6. The Balaban J connectivity index is 1.43. The highest BCUT2D eigenvalue weighted by atomic mass is 16.6. The highest BCUT2D eigenvalue weighted by Gasteiger charge is 2.55. The molecule has 9 nitrogen and oxygen atoms in total. The molecule has 2 saturated heterocycles. The summed E-state index contributed by atoms with van der Waals surface area (Å²) in [4.78, 5) is 40.3. The van der Waals surface area contributed by atoms with Crippen molar-refractivity contribution in [3.05, 3.63) is 69.8 Å². The predicted molar refractivity (Wildman–Crippen MR) is 132 cm³/mol. The van der Waals surface area contributed by atoms with E-state index < -0.39 is 16.6 Å². The van der Waals surface area contributed by atoms with E-state index >= 15 is 0 Å². The minimum atomic E-state index is -0.654. The van der Waals surface area contributed by atoms with Crippen molar-refractivity contribution in [2.24, 2.45) is 5.41 Å². The van der Waals surface area contributed by atoms with Gasteiger partial charge in [-0.25, -0.2) is 4.79 Å². The molecule has 4 rings (SSSR count). The van der Waals surface area contributed by atoms with Crippen LogP contribution in [0.25, 0.3) is 0 Å². The van der Waals surface area contributed by atoms with Crippen molar-refractivity contribution in [1.29, 1.82) is 0 Å². The number of amides is 2. The molecule has 1 atom stereocenters. The molecule has 2 aliphatic heterocycles. The fourth-order valence-corrected chi connectivity index (χ4v) is 4.66. The number of benzene rings is 2. The first-order valence-electron chi connectivity index (χ1n) is 11.8. The number of nitrogens with one attached hydrogen (secondary N) is 1. The van der Waals surface area contributed by atoms with Crippen molar-refractivity contribution in [3.63, 3.8) is 0 Å². The molecular weight excluding hydrogens is 448 g/mol. The molecule has 1 spiro atoms. The van der Waals surface area contributed by atoms with Gasteiger partial charge in [-0.05, 0) is 39.3 Å². The fourth-order valence-electron chi connectivity index (χ4n) is 4.66. The Morgan fingerprint density at radius 3 is 2.26 bits per heavy atom. The van der Waals surface area contributed by atoms with Crippen LogP contribution in [0, 0.1) is 22.5 Å². The van der Waals surface area contributed by atoms with E-state index in [-0.39, 0.29) is 23.1 Å². The number of aryl methyl sites for hydroxylation is 1. The van der Waals surface area contributed by atoms with E-state index in [9.17, 15) is 19.7 Å². The van der Waals surface area contributed by atoms with E-state index in [2.05, 4.69) is 5.32 Å². The second-order valence-corrected chi connectivity index (χ2v) is 10.7. The lowest BCUT2D eigenvalue weighted by atomic mass is 9.72. The highest BCUT2D eigenvalue weighted by molar-refractivity contribution is 5.87. The van der Waals surface area contributed by atoms with Gasteiger partial charge in [-0.15, -0.1) is 0 Å². The number of hydrogen-bond acceptors (Lipinski definition) is 6. The lowest BCUT2D eigenvalue weighted by Gasteiger charge is -2.60. The summed E-state index contributed by atoms with van der Waals surface area (Å²) < 4.78 is 5.43. The molecule has 1 unspecified atom stereocenters. The van der Waals surface area contributed by atoms with Gasteiger partial charge in [0.1, 0.15) is 17.3 Å². The van der Waals surface area contributed by atoms with E-state index in [4.69, 9.17) is 4.74 Å². The molecule has 0 bridgehead atoms. The summed E-state index contributed by atoms with van der Waals surface area (Å²) in [6.07, 6.45) is 0.0711. The number of carbonyl (C=O) groups excluding carboxylic acids is 2. The zero-order valence-corrected chi connectivity index (χ0v) is 20.6. The summed E-state index contributed by atoms with van der Waals surface area (Å²) in [5.41, 5.74) is 1.69. The van der Waals surface area contributed by atoms with Crippen LogP contribution in [0.3, 0.4) is 0 Å². The molecule has 2 aromatic carbocycles. The monoisotopic (exact) mass is 480 g/mol. The van der Waals surface area contributed by atoms with Crippen molar-refractivity contribution in [3.8, 4) is 0 Å². The fraction of sp³-hybridized carbons (Fsp3) is 0.462.